The summed E-state index contributed by atoms with van der Waals surface area (Å²) in [5.74, 6) is 1.93. The van der Waals surface area contributed by atoms with E-state index in [1.54, 1.807) is 57.5 Å². The summed E-state index contributed by atoms with van der Waals surface area (Å²) in [6.45, 7) is 1.67. The van der Waals surface area contributed by atoms with Crippen LogP contribution in [0.1, 0.15) is 40.5 Å². The maximum Gasteiger partial charge on any atom is 0.291 e. The first-order valence-corrected chi connectivity index (χ1v) is 8.89. The van der Waals surface area contributed by atoms with Gasteiger partial charge >= 0.3 is 0 Å². The summed E-state index contributed by atoms with van der Waals surface area (Å²) in [6, 6.07) is 16.0. The Labute approximate surface area is 163 Å². The van der Waals surface area contributed by atoms with Crippen LogP contribution >= 0.6 is 0 Å². The molecule has 0 aliphatic heterocycles. The molecule has 0 radical (unpaired) electrons. The number of anilines is 1. The minimum Gasteiger partial charge on any atom is -0.497 e. The molecular formula is C22H23NO5. The fourth-order valence-electron chi connectivity index (χ4n) is 2.87. The van der Waals surface area contributed by atoms with Crippen molar-refractivity contribution < 1.29 is 23.8 Å². The Bertz CT molecular complexity index is 961. The fraction of sp³-hybridized carbons (Fsp3) is 0.227. The molecular weight excluding hydrogens is 358 g/mol. The average molecular weight is 381 g/mol. The number of methoxy groups -OCH3 is 2. The van der Waals surface area contributed by atoms with E-state index in [-0.39, 0.29) is 11.7 Å². The molecule has 28 heavy (non-hydrogen) atoms. The zero-order valence-electron chi connectivity index (χ0n) is 16.1. The van der Waals surface area contributed by atoms with Gasteiger partial charge in [-0.15, -0.1) is 0 Å². The molecule has 0 aliphatic rings. The number of furan rings is 1. The van der Waals surface area contributed by atoms with Crippen LogP contribution in [0.3, 0.4) is 0 Å². The van der Waals surface area contributed by atoms with Crippen molar-refractivity contribution in [2.24, 2.45) is 0 Å². The highest BCUT2D eigenvalue weighted by atomic mass is 16.5. The molecule has 1 atom stereocenters. The fourth-order valence-corrected chi connectivity index (χ4v) is 2.87. The van der Waals surface area contributed by atoms with Crippen molar-refractivity contribution in [1.29, 1.82) is 0 Å². The number of carbonyl (C=O) groups excluding carboxylic acids is 1. The van der Waals surface area contributed by atoms with E-state index in [9.17, 15) is 9.90 Å². The van der Waals surface area contributed by atoms with Gasteiger partial charge in [0.1, 0.15) is 17.3 Å². The van der Waals surface area contributed by atoms with Crippen molar-refractivity contribution in [3.63, 3.8) is 0 Å². The van der Waals surface area contributed by atoms with E-state index < -0.39 is 6.10 Å². The van der Waals surface area contributed by atoms with E-state index in [0.29, 0.717) is 17.9 Å². The van der Waals surface area contributed by atoms with Crippen molar-refractivity contribution >= 4 is 11.6 Å². The zero-order chi connectivity index (χ0) is 20.1. The van der Waals surface area contributed by atoms with Crippen LogP contribution in [0.15, 0.2) is 59.0 Å². The standard InChI is InChI=1S/C22H23NO5/c1-14(24)15-5-4-6-17(11-15)23-22(25)21-10-8-19(28-21)13-16-12-18(26-2)7-9-20(16)27-3/h4-12,14,24H,13H2,1-3H3,(H,23,25). The minimum absolute atomic E-state index is 0.208. The van der Waals surface area contributed by atoms with E-state index >= 15 is 0 Å². The highest BCUT2D eigenvalue weighted by Gasteiger charge is 2.14. The topological polar surface area (TPSA) is 80.9 Å². The van der Waals surface area contributed by atoms with Crippen LogP contribution in [0.4, 0.5) is 5.69 Å². The molecule has 0 saturated heterocycles. The molecule has 3 rings (SSSR count). The molecule has 0 aliphatic carbocycles. The number of carbonyl (C=O) groups is 1. The molecule has 0 bridgehead atoms. The summed E-state index contributed by atoms with van der Waals surface area (Å²) in [7, 11) is 3.21. The molecule has 1 unspecified atom stereocenters. The lowest BCUT2D eigenvalue weighted by atomic mass is 10.1. The summed E-state index contributed by atoms with van der Waals surface area (Å²) >= 11 is 0. The van der Waals surface area contributed by atoms with E-state index in [2.05, 4.69) is 5.32 Å². The van der Waals surface area contributed by atoms with E-state index in [4.69, 9.17) is 13.9 Å². The van der Waals surface area contributed by atoms with Crippen molar-refractivity contribution in [2.45, 2.75) is 19.4 Å². The number of hydrogen-bond acceptors (Lipinski definition) is 5. The van der Waals surface area contributed by atoms with Crippen LogP contribution in [-0.2, 0) is 6.42 Å². The molecule has 146 valence electrons. The average Bonchev–Trinajstić information content (AvgIpc) is 3.16. The number of aliphatic hydroxyl groups excluding tert-OH is 1. The summed E-state index contributed by atoms with van der Waals surface area (Å²) in [4.78, 5) is 12.5. The van der Waals surface area contributed by atoms with Gasteiger partial charge in [-0.1, -0.05) is 12.1 Å². The molecule has 2 N–H and O–H groups in total. The molecule has 1 amide bonds. The Morgan fingerprint density at radius 1 is 1.11 bits per heavy atom. The molecule has 1 heterocycles. The first-order chi connectivity index (χ1) is 13.5. The molecule has 2 aromatic carbocycles. The van der Waals surface area contributed by atoms with Crippen LogP contribution in [0.2, 0.25) is 0 Å². The van der Waals surface area contributed by atoms with Crippen molar-refractivity contribution in [1.82, 2.24) is 0 Å². The third-order valence-corrected chi connectivity index (χ3v) is 4.36. The highest BCUT2D eigenvalue weighted by molar-refractivity contribution is 6.02. The van der Waals surface area contributed by atoms with Crippen LogP contribution in [0.5, 0.6) is 11.5 Å². The van der Waals surface area contributed by atoms with Gasteiger partial charge in [-0.3, -0.25) is 4.79 Å². The number of aliphatic hydroxyl groups is 1. The first kappa shape index (κ1) is 19.5. The quantitative estimate of drug-likeness (QED) is 0.641. The molecule has 0 fully saturated rings. The largest absolute Gasteiger partial charge is 0.497 e. The number of rotatable bonds is 7. The monoisotopic (exact) mass is 381 g/mol. The SMILES string of the molecule is COc1ccc(OC)c(Cc2ccc(C(=O)Nc3cccc(C(C)O)c3)o2)c1. The molecule has 1 aromatic heterocycles. The number of nitrogens with one attached hydrogen (secondary N) is 1. The lowest BCUT2D eigenvalue weighted by Gasteiger charge is -2.09. The lowest BCUT2D eigenvalue weighted by molar-refractivity contribution is 0.0995. The van der Waals surface area contributed by atoms with Gasteiger partial charge in [0.25, 0.3) is 5.91 Å². The third kappa shape index (κ3) is 4.53. The Hall–Kier alpha value is -3.25. The molecule has 6 nitrogen and oxygen atoms in total. The van der Waals surface area contributed by atoms with Crippen LogP contribution in [0.25, 0.3) is 0 Å². The second-order valence-corrected chi connectivity index (χ2v) is 6.38. The van der Waals surface area contributed by atoms with Gasteiger partial charge < -0.3 is 24.3 Å². The lowest BCUT2D eigenvalue weighted by Crippen LogP contribution is -2.11. The molecule has 6 heteroatoms. The van der Waals surface area contributed by atoms with Gasteiger partial charge in [-0.2, -0.15) is 0 Å². The normalized spacial score (nSPS) is 11.7. The smallest absolute Gasteiger partial charge is 0.291 e. The van der Waals surface area contributed by atoms with Crippen LogP contribution in [0, 0.1) is 0 Å². The summed E-state index contributed by atoms with van der Waals surface area (Å²) < 4.78 is 16.4. The van der Waals surface area contributed by atoms with E-state index in [0.717, 1.165) is 22.6 Å². The van der Waals surface area contributed by atoms with Gasteiger partial charge in [-0.25, -0.2) is 0 Å². The summed E-state index contributed by atoms with van der Waals surface area (Å²) in [6.07, 6.45) is -0.143. The van der Waals surface area contributed by atoms with Crippen molar-refractivity contribution in [3.05, 3.63) is 77.2 Å². The van der Waals surface area contributed by atoms with Crippen LogP contribution < -0.4 is 14.8 Å². The molecule has 3 aromatic rings. The van der Waals surface area contributed by atoms with E-state index in [1.165, 1.54) is 0 Å². The Balaban J connectivity index is 1.73. The maximum absolute atomic E-state index is 12.5. The van der Waals surface area contributed by atoms with Crippen molar-refractivity contribution in [3.8, 4) is 11.5 Å². The van der Waals surface area contributed by atoms with Gasteiger partial charge in [0.05, 0.1) is 20.3 Å². The maximum atomic E-state index is 12.5. The number of benzene rings is 2. The summed E-state index contributed by atoms with van der Waals surface area (Å²) in [5.41, 5.74) is 2.21. The van der Waals surface area contributed by atoms with Gasteiger partial charge in [0.15, 0.2) is 5.76 Å². The predicted octanol–water partition coefficient (Wildman–Crippen LogP) is 4.19. The minimum atomic E-state index is -0.607. The van der Waals surface area contributed by atoms with Crippen LogP contribution in [-0.4, -0.2) is 25.2 Å². The van der Waals surface area contributed by atoms with Gasteiger partial charge in [0.2, 0.25) is 0 Å². The third-order valence-electron chi connectivity index (χ3n) is 4.36. The Morgan fingerprint density at radius 2 is 1.93 bits per heavy atom. The van der Waals surface area contributed by atoms with E-state index in [1.807, 2.05) is 18.2 Å². The van der Waals surface area contributed by atoms with Gasteiger partial charge in [0, 0.05) is 17.7 Å². The molecule has 0 saturated carbocycles. The second-order valence-electron chi connectivity index (χ2n) is 6.38. The van der Waals surface area contributed by atoms with Gasteiger partial charge in [-0.05, 0) is 55.0 Å². The Morgan fingerprint density at radius 3 is 2.64 bits per heavy atom. The second kappa shape index (κ2) is 8.63. The summed E-state index contributed by atoms with van der Waals surface area (Å²) in [5, 5.41) is 12.5. The molecule has 0 spiro atoms. The number of amides is 1. The van der Waals surface area contributed by atoms with Crippen molar-refractivity contribution in [2.75, 3.05) is 19.5 Å². The highest BCUT2D eigenvalue weighted by Crippen LogP contribution is 2.27. The number of hydrogen-bond donors (Lipinski definition) is 2. The number of ether oxygens (including phenoxy) is 2. The zero-order valence-corrected chi connectivity index (χ0v) is 16.1. The predicted molar refractivity (Wildman–Crippen MR) is 106 cm³/mol. The Kier molecular flexibility index (Phi) is 6.01. The first-order valence-electron chi connectivity index (χ1n) is 8.89.